The molecule has 0 fully saturated rings. The Hall–Kier alpha value is -2.51. The monoisotopic (exact) mass is 296 g/mol. The first kappa shape index (κ1) is 13.5. The van der Waals surface area contributed by atoms with E-state index in [2.05, 4.69) is 26.2 Å². The van der Waals surface area contributed by atoms with Crippen molar-refractivity contribution in [1.82, 2.24) is 10.3 Å². The minimum atomic E-state index is 0.426. The lowest BCUT2D eigenvalue weighted by atomic mass is 10.1. The van der Waals surface area contributed by atoms with Crippen LogP contribution >= 0.6 is 11.6 Å². The standard InChI is InChI=1S/C16H13ClN4/c1-2-7-19-15-10-20-16(14-4-3-8-18-14)12-9-11(17)5-6-13(12)21-15/h1,3-6,8-9,18H,7,10H2,(H,19,21). The molecule has 0 aliphatic carbocycles. The van der Waals surface area contributed by atoms with Gasteiger partial charge in [-0.3, -0.25) is 4.99 Å². The number of aliphatic imine (C=N–C) groups is 2. The van der Waals surface area contributed by atoms with E-state index in [0.717, 1.165) is 28.5 Å². The summed E-state index contributed by atoms with van der Waals surface area (Å²) in [5.74, 6) is 3.29. The molecule has 0 saturated heterocycles. The fourth-order valence-electron chi connectivity index (χ4n) is 2.17. The van der Waals surface area contributed by atoms with Crippen LogP contribution in [0, 0.1) is 12.3 Å². The normalized spacial score (nSPS) is 13.5. The number of terminal acetylenes is 1. The molecule has 3 rings (SSSR count). The summed E-state index contributed by atoms with van der Waals surface area (Å²) in [6, 6.07) is 9.50. The van der Waals surface area contributed by atoms with Gasteiger partial charge in [0.05, 0.1) is 30.2 Å². The van der Waals surface area contributed by atoms with E-state index >= 15 is 0 Å². The van der Waals surface area contributed by atoms with Gasteiger partial charge in [0.2, 0.25) is 0 Å². The predicted molar refractivity (Wildman–Crippen MR) is 86.7 cm³/mol. The zero-order valence-electron chi connectivity index (χ0n) is 11.2. The number of benzene rings is 1. The SMILES string of the molecule is C#CCNC1=Nc2ccc(Cl)cc2C(c2ccc[nH]2)=NC1. The third-order valence-electron chi connectivity index (χ3n) is 3.10. The van der Waals surface area contributed by atoms with Crippen LogP contribution in [-0.2, 0) is 0 Å². The summed E-state index contributed by atoms with van der Waals surface area (Å²) in [5, 5.41) is 3.75. The van der Waals surface area contributed by atoms with Crippen molar-refractivity contribution < 1.29 is 0 Å². The molecule has 5 heteroatoms. The molecule has 2 N–H and O–H groups in total. The molecular weight excluding hydrogens is 284 g/mol. The Kier molecular flexibility index (Phi) is 3.76. The van der Waals surface area contributed by atoms with Crippen LogP contribution in [0.3, 0.4) is 0 Å². The summed E-state index contributed by atoms with van der Waals surface area (Å²) in [5.41, 5.74) is 3.51. The van der Waals surface area contributed by atoms with Crippen LogP contribution in [0.25, 0.3) is 0 Å². The number of rotatable bonds is 2. The maximum Gasteiger partial charge on any atom is 0.125 e. The Labute approximate surface area is 128 Å². The van der Waals surface area contributed by atoms with Crippen molar-refractivity contribution in [3.8, 4) is 12.3 Å². The van der Waals surface area contributed by atoms with Gasteiger partial charge >= 0.3 is 0 Å². The van der Waals surface area contributed by atoms with Crippen LogP contribution < -0.4 is 5.32 Å². The minimum Gasteiger partial charge on any atom is -0.361 e. The number of hydrogen-bond donors (Lipinski definition) is 2. The smallest absolute Gasteiger partial charge is 0.125 e. The van der Waals surface area contributed by atoms with Crippen molar-refractivity contribution >= 4 is 28.8 Å². The third kappa shape index (κ3) is 2.83. The molecule has 0 atom stereocenters. The van der Waals surface area contributed by atoms with E-state index < -0.39 is 0 Å². The van der Waals surface area contributed by atoms with E-state index in [-0.39, 0.29) is 0 Å². The lowest BCUT2D eigenvalue weighted by Gasteiger charge is -2.07. The first-order chi connectivity index (χ1) is 10.3. The van der Waals surface area contributed by atoms with Crippen LogP contribution in [0.2, 0.25) is 5.02 Å². The van der Waals surface area contributed by atoms with Crippen molar-refractivity contribution in [3.63, 3.8) is 0 Å². The van der Waals surface area contributed by atoms with Crippen LogP contribution in [0.4, 0.5) is 5.69 Å². The molecule has 21 heavy (non-hydrogen) atoms. The number of aromatic amines is 1. The molecule has 0 bridgehead atoms. The van der Waals surface area contributed by atoms with Crippen LogP contribution in [-0.4, -0.2) is 29.6 Å². The van der Waals surface area contributed by atoms with E-state index in [1.807, 2.05) is 36.5 Å². The number of nitrogens with one attached hydrogen (secondary N) is 2. The lowest BCUT2D eigenvalue weighted by Crippen LogP contribution is -2.26. The van der Waals surface area contributed by atoms with E-state index in [1.165, 1.54) is 0 Å². The molecule has 2 aromatic rings. The average Bonchev–Trinajstić information content (AvgIpc) is 2.95. The summed E-state index contributed by atoms with van der Waals surface area (Å²) < 4.78 is 0. The van der Waals surface area contributed by atoms with E-state index in [0.29, 0.717) is 18.1 Å². The number of nitrogens with zero attached hydrogens (tertiary/aromatic N) is 2. The molecule has 2 heterocycles. The van der Waals surface area contributed by atoms with Gasteiger partial charge in [0, 0.05) is 16.8 Å². The Bertz CT molecular complexity index is 751. The first-order valence-electron chi connectivity index (χ1n) is 6.51. The van der Waals surface area contributed by atoms with Crippen molar-refractivity contribution in [3.05, 3.63) is 52.8 Å². The Morgan fingerprint density at radius 2 is 2.29 bits per heavy atom. The maximum atomic E-state index is 6.12. The summed E-state index contributed by atoms with van der Waals surface area (Å²) in [6.45, 7) is 0.872. The highest BCUT2D eigenvalue weighted by Gasteiger charge is 2.17. The van der Waals surface area contributed by atoms with Crippen molar-refractivity contribution in [2.75, 3.05) is 13.1 Å². The number of halogens is 1. The number of amidine groups is 1. The first-order valence-corrected chi connectivity index (χ1v) is 6.89. The Balaban J connectivity index is 2.09. The van der Waals surface area contributed by atoms with Gasteiger partial charge in [0.25, 0.3) is 0 Å². The molecule has 1 aromatic carbocycles. The van der Waals surface area contributed by atoms with Gasteiger partial charge in [0.15, 0.2) is 0 Å². The summed E-state index contributed by atoms with van der Waals surface area (Å²) in [4.78, 5) is 12.4. The van der Waals surface area contributed by atoms with E-state index in [9.17, 15) is 0 Å². The fourth-order valence-corrected chi connectivity index (χ4v) is 2.34. The quantitative estimate of drug-likeness (QED) is 0.823. The molecule has 4 nitrogen and oxygen atoms in total. The largest absolute Gasteiger partial charge is 0.361 e. The van der Waals surface area contributed by atoms with Gasteiger partial charge < -0.3 is 10.3 Å². The molecule has 0 unspecified atom stereocenters. The van der Waals surface area contributed by atoms with Crippen molar-refractivity contribution in [2.24, 2.45) is 9.98 Å². The number of H-pyrrole nitrogens is 1. The number of fused-ring (bicyclic) bond motifs is 1. The molecule has 0 saturated carbocycles. The zero-order chi connectivity index (χ0) is 14.7. The summed E-state index contributed by atoms with van der Waals surface area (Å²) in [7, 11) is 0. The zero-order valence-corrected chi connectivity index (χ0v) is 12.0. The molecule has 0 spiro atoms. The highest BCUT2D eigenvalue weighted by atomic mass is 35.5. The summed E-state index contributed by atoms with van der Waals surface area (Å²) in [6.07, 6.45) is 7.14. The van der Waals surface area contributed by atoms with Gasteiger partial charge in [0.1, 0.15) is 5.84 Å². The molecule has 104 valence electrons. The van der Waals surface area contributed by atoms with Crippen LogP contribution in [0.5, 0.6) is 0 Å². The predicted octanol–water partition coefficient (Wildman–Crippen LogP) is 2.77. The summed E-state index contributed by atoms with van der Waals surface area (Å²) >= 11 is 6.12. The van der Waals surface area contributed by atoms with Gasteiger partial charge in [-0.15, -0.1) is 6.42 Å². The third-order valence-corrected chi connectivity index (χ3v) is 3.34. The highest BCUT2D eigenvalue weighted by Crippen LogP contribution is 2.27. The highest BCUT2D eigenvalue weighted by molar-refractivity contribution is 6.31. The second kappa shape index (κ2) is 5.86. The molecule has 0 amide bonds. The van der Waals surface area contributed by atoms with Crippen LogP contribution in [0.1, 0.15) is 11.3 Å². The van der Waals surface area contributed by atoms with E-state index in [1.54, 1.807) is 0 Å². The topological polar surface area (TPSA) is 52.5 Å². The second-order valence-electron chi connectivity index (χ2n) is 4.53. The van der Waals surface area contributed by atoms with Crippen molar-refractivity contribution in [1.29, 1.82) is 0 Å². The number of hydrogen-bond acceptors (Lipinski definition) is 3. The Morgan fingerprint density at radius 3 is 3.05 bits per heavy atom. The molecular formula is C16H13ClN4. The van der Waals surface area contributed by atoms with E-state index in [4.69, 9.17) is 18.0 Å². The Morgan fingerprint density at radius 1 is 1.38 bits per heavy atom. The minimum absolute atomic E-state index is 0.426. The number of aromatic nitrogens is 1. The van der Waals surface area contributed by atoms with Gasteiger partial charge in [-0.2, -0.15) is 0 Å². The van der Waals surface area contributed by atoms with Crippen LogP contribution in [0.15, 0.2) is 46.5 Å². The van der Waals surface area contributed by atoms with Gasteiger partial charge in [-0.1, -0.05) is 17.5 Å². The second-order valence-corrected chi connectivity index (χ2v) is 4.96. The molecule has 1 aromatic heterocycles. The molecule has 1 aliphatic rings. The molecule has 0 radical (unpaired) electrons. The molecule has 1 aliphatic heterocycles. The van der Waals surface area contributed by atoms with Gasteiger partial charge in [-0.25, -0.2) is 4.99 Å². The maximum absolute atomic E-state index is 6.12. The fraction of sp³-hybridized carbons (Fsp3) is 0.125. The van der Waals surface area contributed by atoms with Crippen molar-refractivity contribution in [2.45, 2.75) is 0 Å². The lowest BCUT2D eigenvalue weighted by molar-refractivity contribution is 1.03. The van der Waals surface area contributed by atoms with Gasteiger partial charge in [-0.05, 0) is 30.3 Å². The average molecular weight is 297 g/mol.